The molecule has 1 saturated carbocycles. The monoisotopic (exact) mass is 245 g/mol. The zero-order chi connectivity index (χ0) is 13.0. The van der Waals surface area contributed by atoms with Gasteiger partial charge in [0, 0.05) is 32.5 Å². The summed E-state index contributed by atoms with van der Waals surface area (Å²) in [5, 5.41) is 0. The normalized spacial score (nSPS) is 33.3. The molecule has 1 aromatic rings. The predicted molar refractivity (Wildman–Crippen MR) is 75.3 cm³/mol. The lowest BCUT2D eigenvalue weighted by atomic mass is 9.56. The van der Waals surface area contributed by atoms with E-state index in [0.29, 0.717) is 5.41 Å². The fourth-order valence-corrected chi connectivity index (χ4v) is 3.93. The summed E-state index contributed by atoms with van der Waals surface area (Å²) in [6.45, 7) is 2.42. The highest BCUT2D eigenvalue weighted by molar-refractivity contribution is 5.62. The van der Waals surface area contributed by atoms with Crippen LogP contribution in [-0.2, 0) is 15.8 Å². The van der Waals surface area contributed by atoms with Crippen LogP contribution in [0.2, 0.25) is 0 Å². The summed E-state index contributed by atoms with van der Waals surface area (Å²) in [7, 11) is 6.14. The molecule has 0 amide bonds. The van der Waals surface area contributed by atoms with E-state index < -0.39 is 0 Å². The van der Waals surface area contributed by atoms with Gasteiger partial charge in [0.15, 0.2) is 0 Å². The third-order valence-electron chi connectivity index (χ3n) is 5.18. The van der Waals surface area contributed by atoms with Gasteiger partial charge in [-0.15, -0.1) is 0 Å². The summed E-state index contributed by atoms with van der Waals surface area (Å²) in [6.07, 6.45) is 4.84. The van der Waals surface area contributed by atoms with Gasteiger partial charge in [0.05, 0.1) is 5.60 Å². The van der Waals surface area contributed by atoms with Gasteiger partial charge in [0.1, 0.15) is 0 Å². The minimum Gasteiger partial charge on any atom is -0.377 e. The average Bonchev–Trinajstić information content (AvgIpc) is 2.39. The van der Waals surface area contributed by atoms with E-state index in [2.05, 4.69) is 44.1 Å². The van der Waals surface area contributed by atoms with Crippen molar-refractivity contribution in [1.82, 2.24) is 0 Å². The van der Waals surface area contributed by atoms with E-state index in [1.165, 1.54) is 29.7 Å². The molecule has 0 unspecified atom stereocenters. The minimum absolute atomic E-state index is 0.0338. The molecule has 1 aromatic carbocycles. The molecule has 2 nitrogen and oxygen atoms in total. The van der Waals surface area contributed by atoms with Gasteiger partial charge in [0.2, 0.25) is 0 Å². The van der Waals surface area contributed by atoms with Gasteiger partial charge in [-0.1, -0.05) is 19.1 Å². The largest absolute Gasteiger partial charge is 0.377 e. The van der Waals surface area contributed by atoms with Gasteiger partial charge >= 0.3 is 0 Å². The fourth-order valence-electron chi connectivity index (χ4n) is 3.93. The Labute approximate surface area is 110 Å². The molecule has 18 heavy (non-hydrogen) atoms. The quantitative estimate of drug-likeness (QED) is 0.791. The van der Waals surface area contributed by atoms with Crippen LogP contribution in [0.1, 0.15) is 43.7 Å². The molecule has 3 aliphatic rings. The smallest absolute Gasteiger partial charge is 0.0950 e. The number of nitrogens with zero attached hydrogens (tertiary/aromatic N) is 1. The second-order valence-electron chi connectivity index (χ2n) is 6.35. The topological polar surface area (TPSA) is 12.5 Å². The Bertz CT molecular complexity index is 470. The van der Waals surface area contributed by atoms with Crippen LogP contribution in [0.5, 0.6) is 0 Å². The van der Waals surface area contributed by atoms with Crippen molar-refractivity contribution in [1.29, 1.82) is 0 Å². The Balaban J connectivity index is 2.29. The van der Waals surface area contributed by atoms with Gasteiger partial charge in [-0.3, -0.25) is 0 Å². The van der Waals surface area contributed by atoms with Crippen molar-refractivity contribution < 1.29 is 4.74 Å². The molecule has 2 heteroatoms. The van der Waals surface area contributed by atoms with Crippen LogP contribution < -0.4 is 4.90 Å². The highest BCUT2D eigenvalue weighted by atomic mass is 16.5. The second kappa shape index (κ2) is 3.74. The van der Waals surface area contributed by atoms with E-state index in [4.69, 9.17) is 4.74 Å². The molecular weight excluding hydrogens is 222 g/mol. The maximum atomic E-state index is 6.00. The minimum atomic E-state index is -0.0338. The molecule has 1 fully saturated rings. The number of hydrogen-bond donors (Lipinski definition) is 0. The second-order valence-corrected chi connectivity index (χ2v) is 6.35. The first-order valence-corrected chi connectivity index (χ1v) is 6.89. The summed E-state index contributed by atoms with van der Waals surface area (Å²) in [6, 6.07) is 6.74. The molecule has 0 saturated heterocycles. The van der Waals surface area contributed by atoms with E-state index >= 15 is 0 Å². The molecular formula is C16H23NO. The molecule has 0 radical (unpaired) electrons. The molecule has 0 aliphatic heterocycles. The third kappa shape index (κ3) is 1.38. The van der Waals surface area contributed by atoms with Crippen LogP contribution in [-0.4, -0.2) is 21.2 Å². The number of ether oxygens (including phenoxy) is 1. The van der Waals surface area contributed by atoms with Crippen molar-refractivity contribution in [3.05, 3.63) is 29.3 Å². The lowest BCUT2D eigenvalue weighted by molar-refractivity contribution is -0.0724. The molecule has 0 atom stereocenters. The van der Waals surface area contributed by atoms with Crippen LogP contribution in [0.25, 0.3) is 0 Å². The van der Waals surface area contributed by atoms with Crippen LogP contribution in [0.4, 0.5) is 5.69 Å². The molecule has 0 N–H and O–H groups in total. The number of anilines is 1. The van der Waals surface area contributed by atoms with Gasteiger partial charge in [-0.05, 0) is 42.7 Å². The Morgan fingerprint density at radius 1 is 1.11 bits per heavy atom. The summed E-state index contributed by atoms with van der Waals surface area (Å²) in [5.74, 6) is 0. The summed E-state index contributed by atoms with van der Waals surface area (Å²) < 4.78 is 6.00. The molecule has 98 valence electrons. The van der Waals surface area contributed by atoms with E-state index in [1.807, 2.05) is 7.11 Å². The lowest BCUT2D eigenvalue weighted by Crippen LogP contribution is -2.47. The first kappa shape index (κ1) is 12.0. The Morgan fingerprint density at radius 3 is 2.33 bits per heavy atom. The molecule has 2 bridgehead atoms. The molecule has 0 spiro atoms. The predicted octanol–water partition coefficient (Wildman–Crippen LogP) is 3.44. The molecule has 0 aromatic heterocycles. The third-order valence-corrected chi connectivity index (χ3v) is 5.18. The highest BCUT2D eigenvalue weighted by Gasteiger charge is 2.51. The molecule has 3 aliphatic carbocycles. The number of rotatable bonds is 2. The maximum Gasteiger partial charge on any atom is 0.0950 e. The van der Waals surface area contributed by atoms with Gasteiger partial charge in [0.25, 0.3) is 0 Å². The molecule has 4 rings (SSSR count). The average molecular weight is 245 g/mol. The number of methoxy groups -OCH3 is 1. The van der Waals surface area contributed by atoms with Crippen molar-refractivity contribution in [2.75, 3.05) is 26.1 Å². The zero-order valence-corrected chi connectivity index (χ0v) is 11.9. The standard InChI is InChI=1S/C16H23NO/c1-15-8-10-16(18-4,11-9-15)14-12(15)6-5-7-13(14)17(2)3/h5-7H,8-11H2,1-4H3. The van der Waals surface area contributed by atoms with Crippen molar-refractivity contribution in [3.63, 3.8) is 0 Å². The summed E-state index contributed by atoms with van der Waals surface area (Å²) >= 11 is 0. The molecule has 0 heterocycles. The van der Waals surface area contributed by atoms with Crippen LogP contribution >= 0.6 is 0 Å². The van der Waals surface area contributed by atoms with E-state index in [1.54, 1.807) is 0 Å². The Morgan fingerprint density at radius 2 is 1.78 bits per heavy atom. The lowest BCUT2D eigenvalue weighted by Gasteiger charge is -2.53. The van der Waals surface area contributed by atoms with Crippen molar-refractivity contribution in [3.8, 4) is 0 Å². The first-order valence-electron chi connectivity index (χ1n) is 6.89. The highest BCUT2D eigenvalue weighted by Crippen LogP contribution is 2.58. The van der Waals surface area contributed by atoms with Gasteiger partial charge in [-0.25, -0.2) is 0 Å². The number of hydrogen-bond acceptors (Lipinski definition) is 2. The van der Waals surface area contributed by atoms with Gasteiger partial charge in [-0.2, -0.15) is 0 Å². The SMILES string of the molecule is COC12CCC(C)(CC1)c1cccc(N(C)C)c12. The van der Waals surface area contributed by atoms with E-state index in [-0.39, 0.29) is 5.60 Å². The fraction of sp³-hybridized carbons (Fsp3) is 0.625. The first-order chi connectivity index (χ1) is 8.52. The van der Waals surface area contributed by atoms with Crippen LogP contribution in [0, 0.1) is 0 Å². The van der Waals surface area contributed by atoms with Crippen molar-refractivity contribution in [2.45, 2.75) is 43.6 Å². The van der Waals surface area contributed by atoms with Gasteiger partial charge < -0.3 is 9.64 Å². The summed E-state index contributed by atoms with van der Waals surface area (Å²) in [4.78, 5) is 2.23. The van der Waals surface area contributed by atoms with Crippen LogP contribution in [0.15, 0.2) is 18.2 Å². The number of fused-ring (bicyclic) bond motifs is 2. The maximum absolute atomic E-state index is 6.00. The number of benzene rings is 1. The van der Waals surface area contributed by atoms with Crippen molar-refractivity contribution in [2.24, 2.45) is 0 Å². The Kier molecular flexibility index (Phi) is 2.50. The van der Waals surface area contributed by atoms with E-state index in [9.17, 15) is 0 Å². The van der Waals surface area contributed by atoms with Crippen LogP contribution in [0.3, 0.4) is 0 Å². The Hall–Kier alpha value is -1.02. The van der Waals surface area contributed by atoms with E-state index in [0.717, 1.165) is 12.8 Å². The van der Waals surface area contributed by atoms with Crippen molar-refractivity contribution >= 4 is 5.69 Å². The zero-order valence-electron chi connectivity index (χ0n) is 11.9. The summed E-state index contributed by atoms with van der Waals surface area (Å²) in [5.41, 5.74) is 4.64.